The summed E-state index contributed by atoms with van der Waals surface area (Å²) in [6.07, 6.45) is 0. The molecule has 2 atom stereocenters. The number of hydrogen-bond acceptors (Lipinski definition) is 3. The van der Waals surface area contributed by atoms with Crippen molar-refractivity contribution < 1.29 is 4.79 Å². The van der Waals surface area contributed by atoms with Crippen LogP contribution >= 0.6 is 0 Å². The Labute approximate surface area is 107 Å². The quantitative estimate of drug-likeness (QED) is 0.833. The Morgan fingerprint density at radius 2 is 2.17 bits per heavy atom. The molecule has 1 aromatic rings. The first-order valence-electron chi connectivity index (χ1n) is 6.18. The van der Waals surface area contributed by atoms with Gasteiger partial charge in [0.15, 0.2) is 0 Å². The van der Waals surface area contributed by atoms with Gasteiger partial charge < -0.3 is 10.6 Å². The van der Waals surface area contributed by atoms with Crippen LogP contribution in [0.4, 0.5) is 0 Å². The molecule has 0 saturated carbocycles. The van der Waals surface area contributed by atoms with Gasteiger partial charge in [0.2, 0.25) is 5.91 Å². The smallest absolute Gasteiger partial charge is 0.224 e. The number of nitriles is 1. The molecule has 0 aliphatic carbocycles. The first-order valence-corrected chi connectivity index (χ1v) is 6.18. The molecular weight excluding hydrogens is 226 g/mol. The fraction of sp³-hybridized carbons (Fsp3) is 0.429. The van der Waals surface area contributed by atoms with Crippen molar-refractivity contribution in [1.29, 1.82) is 5.26 Å². The summed E-state index contributed by atoms with van der Waals surface area (Å²) in [5.41, 5.74) is 1.65. The van der Waals surface area contributed by atoms with Gasteiger partial charge in [0.1, 0.15) is 0 Å². The van der Waals surface area contributed by atoms with Gasteiger partial charge >= 0.3 is 0 Å². The van der Waals surface area contributed by atoms with E-state index >= 15 is 0 Å². The highest BCUT2D eigenvalue weighted by molar-refractivity contribution is 5.79. The Kier molecular flexibility index (Phi) is 3.96. The Hall–Kier alpha value is -1.86. The van der Waals surface area contributed by atoms with Crippen molar-refractivity contribution in [3.8, 4) is 6.07 Å². The maximum absolute atomic E-state index is 11.9. The topological polar surface area (TPSA) is 64.9 Å². The maximum atomic E-state index is 11.9. The van der Waals surface area contributed by atoms with Gasteiger partial charge in [0.05, 0.1) is 17.6 Å². The molecule has 1 aliphatic heterocycles. The van der Waals surface area contributed by atoms with Gasteiger partial charge in [-0.3, -0.25) is 4.79 Å². The number of carbonyl (C=O) groups is 1. The fourth-order valence-electron chi connectivity index (χ4n) is 2.18. The molecule has 94 valence electrons. The summed E-state index contributed by atoms with van der Waals surface area (Å²) in [6, 6.07) is 9.34. The van der Waals surface area contributed by atoms with Crippen LogP contribution in [-0.2, 0) is 11.3 Å². The van der Waals surface area contributed by atoms with Crippen molar-refractivity contribution >= 4 is 5.91 Å². The Balaban J connectivity index is 1.87. The number of nitrogens with one attached hydrogen (secondary N) is 2. The van der Waals surface area contributed by atoms with E-state index in [-0.39, 0.29) is 11.8 Å². The van der Waals surface area contributed by atoms with Crippen molar-refractivity contribution in [1.82, 2.24) is 10.6 Å². The molecule has 1 fully saturated rings. The highest BCUT2D eigenvalue weighted by Crippen LogP contribution is 2.15. The second kappa shape index (κ2) is 5.65. The monoisotopic (exact) mass is 243 g/mol. The van der Waals surface area contributed by atoms with Crippen LogP contribution in [0.1, 0.15) is 18.1 Å². The first-order chi connectivity index (χ1) is 8.70. The Morgan fingerprint density at radius 3 is 2.72 bits per heavy atom. The molecule has 4 nitrogen and oxygen atoms in total. The second-order valence-corrected chi connectivity index (χ2v) is 4.77. The molecule has 2 rings (SSSR count). The molecule has 1 aromatic carbocycles. The molecule has 4 heteroatoms. The van der Waals surface area contributed by atoms with E-state index in [4.69, 9.17) is 5.26 Å². The molecule has 0 unspecified atom stereocenters. The maximum Gasteiger partial charge on any atom is 0.224 e. The average molecular weight is 243 g/mol. The van der Waals surface area contributed by atoms with Crippen molar-refractivity contribution in [3.05, 3.63) is 35.4 Å². The normalized spacial score (nSPS) is 22.4. The molecule has 18 heavy (non-hydrogen) atoms. The lowest BCUT2D eigenvalue weighted by molar-refractivity contribution is -0.125. The lowest BCUT2D eigenvalue weighted by atomic mass is 9.97. The van der Waals surface area contributed by atoms with Crippen molar-refractivity contribution in [2.45, 2.75) is 13.5 Å². The van der Waals surface area contributed by atoms with Crippen LogP contribution < -0.4 is 10.6 Å². The molecule has 0 bridgehead atoms. The van der Waals surface area contributed by atoms with Crippen LogP contribution in [-0.4, -0.2) is 19.0 Å². The third-order valence-corrected chi connectivity index (χ3v) is 3.40. The SMILES string of the molecule is C[C@@H]1CNC[C@H]1C(=O)NCc1ccc(C#N)cc1. The van der Waals surface area contributed by atoms with E-state index in [2.05, 4.69) is 23.6 Å². The van der Waals surface area contributed by atoms with E-state index in [0.717, 1.165) is 18.7 Å². The summed E-state index contributed by atoms with van der Waals surface area (Å²) in [5.74, 6) is 0.575. The van der Waals surface area contributed by atoms with Crippen molar-refractivity contribution in [3.63, 3.8) is 0 Å². The third kappa shape index (κ3) is 2.88. The first kappa shape index (κ1) is 12.6. The molecule has 1 amide bonds. The summed E-state index contributed by atoms with van der Waals surface area (Å²) in [5, 5.41) is 14.9. The number of rotatable bonds is 3. The predicted molar refractivity (Wildman–Crippen MR) is 68.5 cm³/mol. The van der Waals surface area contributed by atoms with E-state index in [1.807, 2.05) is 12.1 Å². The molecule has 2 N–H and O–H groups in total. The van der Waals surface area contributed by atoms with Crippen LogP contribution in [0.3, 0.4) is 0 Å². The zero-order valence-electron chi connectivity index (χ0n) is 10.4. The number of carbonyl (C=O) groups excluding carboxylic acids is 1. The lowest BCUT2D eigenvalue weighted by Gasteiger charge is -2.14. The van der Waals surface area contributed by atoms with Crippen LogP contribution in [0.15, 0.2) is 24.3 Å². The second-order valence-electron chi connectivity index (χ2n) is 4.77. The summed E-state index contributed by atoms with van der Waals surface area (Å²) < 4.78 is 0. The molecule has 0 spiro atoms. The minimum atomic E-state index is 0.0726. The van der Waals surface area contributed by atoms with Crippen LogP contribution in [0.5, 0.6) is 0 Å². The number of nitrogens with zero attached hydrogens (tertiary/aromatic N) is 1. The molecule has 1 heterocycles. The van der Waals surface area contributed by atoms with Crippen molar-refractivity contribution in [2.24, 2.45) is 11.8 Å². The van der Waals surface area contributed by atoms with Gasteiger partial charge in [0, 0.05) is 13.1 Å². The molecular formula is C14H17N3O. The summed E-state index contributed by atoms with van der Waals surface area (Å²) in [7, 11) is 0. The van der Waals surface area contributed by atoms with E-state index in [1.165, 1.54) is 0 Å². The summed E-state index contributed by atoms with van der Waals surface area (Å²) in [4.78, 5) is 11.9. The van der Waals surface area contributed by atoms with Gasteiger partial charge in [-0.05, 0) is 30.2 Å². The zero-order valence-corrected chi connectivity index (χ0v) is 10.4. The van der Waals surface area contributed by atoms with E-state index in [0.29, 0.717) is 18.0 Å². The molecule has 0 aromatic heterocycles. The predicted octanol–water partition coefficient (Wildman–Crippen LogP) is 1.03. The van der Waals surface area contributed by atoms with Crippen LogP contribution in [0, 0.1) is 23.2 Å². The number of hydrogen-bond donors (Lipinski definition) is 2. The largest absolute Gasteiger partial charge is 0.352 e. The van der Waals surface area contributed by atoms with E-state index in [1.54, 1.807) is 12.1 Å². The Morgan fingerprint density at radius 1 is 1.44 bits per heavy atom. The average Bonchev–Trinajstić information content (AvgIpc) is 2.83. The van der Waals surface area contributed by atoms with Gasteiger partial charge in [-0.2, -0.15) is 5.26 Å². The number of amides is 1. The minimum Gasteiger partial charge on any atom is -0.352 e. The van der Waals surface area contributed by atoms with Gasteiger partial charge in [0.25, 0.3) is 0 Å². The number of benzene rings is 1. The zero-order chi connectivity index (χ0) is 13.0. The van der Waals surface area contributed by atoms with E-state index in [9.17, 15) is 4.79 Å². The highest BCUT2D eigenvalue weighted by atomic mass is 16.1. The fourth-order valence-corrected chi connectivity index (χ4v) is 2.18. The summed E-state index contributed by atoms with van der Waals surface area (Å²) in [6.45, 7) is 4.29. The third-order valence-electron chi connectivity index (χ3n) is 3.40. The minimum absolute atomic E-state index is 0.0726. The highest BCUT2D eigenvalue weighted by Gasteiger charge is 2.29. The Bertz CT molecular complexity index is 461. The molecule has 0 radical (unpaired) electrons. The standard InChI is InChI=1S/C14H17N3O/c1-10-7-16-9-13(10)14(18)17-8-12-4-2-11(6-15)3-5-12/h2-5,10,13,16H,7-9H2,1H3,(H,17,18)/t10-,13-/m1/s1. The van der Waals surface area contributed by atoms with Crippen molar-refractivity contribution in [2.75, 3.05) is 13.1 Å². The molecule has 1 aliphatic rings. The van der Waals surface area contributed by atoms with Crippen LogP contribution in [0.2, 0.25) is 0 Å². The van der Waals surface area contributed by atoms with Gasteiger partial charge in [-0.1, -0.05) is 19.1 Å². The molecule has 1 saturated heterocycles. The summed E-state index contributed by atoms with van der Waals surface area (Å²) >= 11 is 0. The van der Waals surface area contributed by atoms with Gasteiger partial charge in [-0.15, -0.1) is 0 Å². The van der Waals surface area contributed by atoms with Gasteiger partial charge in [-0.25, -0.2) is 0 Å². The lowest BCUT2D eigenvalue weighted by Crippen LogP contribution is -2.33. The van der Waals surface area contributed by atoms with E-state index < -0.39 is 0 Å². The van der Waals surface area contributed by atoms with Crippen LogP contribution in [0.25, 0.3) is 0 Å².